The minimum Gasteiger partial charge on any atom is -0.393 e. The zero-order valence-corrected chi connectivity index (χ0v) is 11.9. The van der Waals surface area contributed by atoms with Crippen LogP contribution in [0, 0.1) is 10.1 Å². The van der Waals surface area contributed by atoms with Gasteiger partial charge in [0.25, 0.3) is 5.69 Å². The summed E-state index contributed by atoms with van der Waals surface area (Å²) in [5.74, 6) is 0. The van der Waals surface area contributed by atoms with Crippen molar-refractivity contribution >= 4 is 23.0 Å². The Morgan fingerprint density at radius 1 is 1.65 bits per heavy atom. The second-order valence-electron chi connectivity index (χ2n) is 4.90. The number of halogens is 1. The zero-order valence-electron chi connectivity index (χ0n) is 11.2. The normalized spacial score (nSPS) is 20.8. The summed E-state index contributed by atoms with van der Waals surface area (Å²) in [7, 11) is 0. The Balaban J connectivity index is 2.34. The SMILES string of the molecule is CC(O)CC1COCCN1c1ccc(Cl)cc1[N+](=O)[O-]. The van der Waals surface area contributed by atoms with E-state index in [2.05, 4.69) is 0 Å². The molecule has 2 unspecified atom stereocenters. The summed E-state index contributed by atoms with van der Waals surface area (Å²) in [5, 5.41) is 21.1. The highest BCUT2D eigenvalue weighted by atomic mass is 35.5. The monoisotopic (exact) mass is 300 g/mol. The molecule has 1 heterocycles. The van der Waals surface area contributed by atoms with Crippen LogP contribution in [0.1, 0.15) is 13.3 Å². The van der Waals surface area contributed by atoms with Gasteiger partial charge in [0.2, 0.25) is 0 Å². The Morgan fingerprint density at radius 2 is 2.40 bits per heavy atom. The van der Waals surface area contributed by atoms with Crippen LogP contribution in [0.3, 0.4) is 0 Å². The first-order valence-corrected chi connectivity index (χ1v) is 6.83. The van der Waals surface area contributed by atoms with Gasteiger partial charge in [-0.1, -0.05) is 11.6 Å². The molecule has 1 aliphatic heterocycles. The van der Waals surface area contributed by atoms with Gasteiger partial charge in [-0.2, -0.15) is 0 Å². The molecule has 6 nitrogen and oxygen atoms in total. The van der Waals surface area contributed by atoms with Crippen molar-refractivity contribution in [3.05, 3.63) is 33.3 Å². The van der Waals surface area contributed by atoms with Crippen LogP contribution in [0.25, 0.3) is 0 Å². The van der Waals surface area contributed by atoms with Crippen molar-refractivity contribution in [3.8, 4) is 0 Å². The standard InChI is InChI=1S/C13H17ClN2O4/c1-9(17)6-11-8-20-5-4-15(11)12-3-2-10(14)7-13(12)16(18)19/h2-3,7,9,11,17H,4-6,8H2,1H3. The fourth-order valence-corrected chi connectivity index (χ4v) is 2.61. The maximum atomic E-state index is 11.2. The molecule has 0 spiro atoms. The lowest BCUT2D eigenvalue weighted by Gasteiger charge is -2.37. The molecular weight excluding hydrogens is 284 g/mol. The third-order valence-electron chi connectivity index (χ3n) is 3.28. The number of aliphatic hydroxyl groups is 1. The number of aliphatic hydroxyl groups excluding tert-OH is 1. The summed E-state index contributed by atoms with van der Waals surface area (Å²) in [4.78, 5) is 12.7. The molecule has 0 amide bonds. The average molecular weight is 301 g/mol. The van der Waals surface area contributed by atoms with E-state index >= 15 is 0 Å². The van der Waals surface area contributed by atoms with E-state index in [4.69, 9.17) is 16.3 Å². The number of benzene rings is 1. The Bertz CT molecular complexity index is 495. The van der Waals surface area contributed by atoms with E-state index in [1.54, 1.807) is 19.1 Å². The van der Waals surface area contributed by atoms with Crippen LogP contribution >= 0.6 is 11.6 Å². The topological polar surface area (TPSA) is 75.8 Å². The predicted molar refractivity (Wildman–Crippen MR) is 76.4 cm³/mol. The van der Waals surface area contributed by atoms with Gasteiger partial charge in [-0.05, 0) is 25.5 Å². The van der Waals surface area contributed by atoms with Crippen molar-refractivity contribution < 1.29 is 14.8 Å². The number of nitro benzene ring substituents is 1. The summed E-state index contributed by atoms with van der Waals surface area (Å²) in [6.45, 7) is 3.21. The van der Waals surface area contributed by atoms with Crippen molar-refractivity contribution in [2.75, 3.05) is 24.7 Å². The Labute approximate surface area is 122 Å². The van der Waals surface area contributed by atoms with E-state index in [0.717, 1.165) is 0 Å². The molecule has 2 rings (SSSR count). The van der Waals surface area contributed by atoms with Gasteiger partial charge in [-0.15, -0.1) is 0 Å². The van der Waals surface area contributed by atoms with Crippen LogP contribution in [-0.2, 0) is 4.74 Å². The molecule has 1 aromatic carbocycles. The molecule has 1 aromatic rings. The molecule has 1 fully saturated rings. The third-order valence-corrected chi connectivity index (χ3v) is 3.52. The summed E-state index contributed by atoms with van der Waals surface area (Å²) in [5.41, 5.74) is 0.503. The molecule has 0 aliphatic carbocycles. The lowest BCUT2D eigenvalue weighted by atomic mass is 10.1. The smallest absolute Gasteiger partial charge is 0.294 e. The van der Waals surface area contributed by atoms with Crippen LogP contribution < -0.4 is 4.90 Å². The van der Waals surface area contributed by atoms with Crippen molar-refractivity contribution in [3.63, 3.8) is 0 Å². The molecule has 0 radical (unpaired) electrons. The Morgan fingerprint density at radius 3 is 3.05 bits per heavy atom. The maximum absolute atomic E-state index is 11.2. The number of anilines is 1. The minimum atomic E-state index is -0.490. The molecule has 110 valence electrons. The van der Waals surface area contributed by atoms with Crippen LogP contribution in [0.2, 0.25) is 5.02 Å². The highest BCUT2D eigenvalue weighted by Crippen LogP contribution is 2.33. The van der Waals surface area contributed by atoms with E-state index in [-0.39, 0.29) is 11.7 Å². The first-order valence-electron chi connectivity index (χ1n) is 6.45. The van der Waals surface area contributed by atoms with Crippen molar-refractivity contribution in [1.82, 2.24) is 0 Å². The van der Waals surface area contributed by atoms with E-state index in [1.165, 1.54) is 6.07 Å². The summed E-state index contributed by atoms with van der Waals surface area (Å²) in [6.07, 6.45) is 0.00956. The van der Waals surface area contributed by atoms with Crippen LogP contribution in [-0.4, -0.2) is 41.9 Å². The van der Waals surface area contributed by atoms with Gasteiger partial charge in [-0.25, -0.2) is 0 Å². The summed E-state index contributed by atoms with van der Waals surface area (Å²) in [6, 6.07) is 4.56. The zero-order chi connectivity index (χ0) is 14.7. The highest BCUT2D eigenvalue weighted by Gasteiger charge is 2.29. The first kappa shape index (κ1) is 15.0. The quantitative estimate of drug-likeness (QED) is 0.681. The fourth-order valence-electron chi connectivity index (χ4n) is 2.45. The van der Waals surface area contributed by atoms with E-state index in [0.29, 0.717) is 36.9 Å². The van der Waals surface area contributed by atoms with Crippen LogP contribution in [0.15, 0.2) is 18.2 Å². The van der Waals surface area contributed by atoms with Gasteiger partial charge < -0.3 is 14.7 Å². The van der Waals surface area contributed by atoms with E-state index < -0.39 is 11.0 Å². The molecule has 1 N–H and O–H groups in total. The second kappa shape index (κ2) is 6.39. The summed E-state index contributed by atoms with van der Waals surface area (Å²) >= 11 is 5.83. The number of nitro groups is 1. The number of rotatable bonds is 4. The van der Waals surface area contributed by atoms with Gasteiger partial charge in [0.05, 0.1) is 30.3 Å². The first-order chi connectivity index (χ1) is 9.49. The van der Waals surface area contributed by atoms with Gasteiger partial charge in [-0.3, -0.25) is 10.1 Å². The van der Waals surface area contributed by atoms with Crippen molar-refractivity contribution in [1.29, 1.82) is 0 Å². The molecule has 1 saturated heterocycles. The largest absolute Gasteiger partial charge is 0.393 e. The molecule has 7 heteroatoms. The molecule has 1 aliphatic rings. The number of ether oxygens (including phenoxy) is 1. The third kappa shape index (κ3) is 3.39. The molecule has 2 atom stereocenters. The van der Waals surface area contributed by atoms with Gasteiger partial charge >= 0.3 is 0 Å². The highest BCUT2D eigenvalue weighted by molar-refractivity contribution is 6.30. The van der Waals surface area contributed by atoms with Crippen LogP contribution in [0.5, 0.6) is 0 Å². The predicted octanol–water partition coefficient (Wildman–Crippen LogP) is 2.22. The number of hydrogen-bond donors (Lipinski definition) is 1. The van der Waals surface area contributed by atoms with Crippen LogP contribution in [0.4, 0.5) is 11.4 Å². The molecule has 0 saturated carbocycles. The maximum Gasteiger partial charge on any atom is 0.294 e. The number of morpholine rings is 1. The fraction of sp³-hybridized carbons (Fsp3) is 0.538. The van der Waals surface area contributed by atoms with E-state index in [9.17, 15) is 15.2 Å². The lowest BCUT2D eigenvalue weighted by molar-refractivity contribution is -0.384. The second-order valence-corrected chi connectivity index (χ2v) is 5.33. The molecule has 0 bridgehead atoms. The Hall–Kier alpha value is -1.37. The number of nitrogens with zero attached hydrogens (tertiary/aromatic N) is 2. The van der Waals surface area contributed by atoms with Crippen molar-refractivity contribution in [2.24, 2.45) is 0 Å². The Kier molecular flexibility index (Phi) is 4.80. The molecule has 20 heavy (non-hydrogen) atoms. The van der Waals surface area contributed by atoms with Gasteiger partial charge in [0, 0.05) is 17.6 Å². The lowest BCUT2D eigenvalue weighted by Crippen LogP contribution is -2.47. The minimum absolute atomic E-state index is 0.0185. The molecule has 0 aromatic heterocycles. The van der Waals surface area contributed by atoms with Crippen molar-refractivity contribution in [2.45, 2.75) is 25.5 Å². The number of hydrogen-bond acceptors (Lipinski definition) is 5. The summed E-state index contributed by atoms with van der Waals surface area (Å²) < 4.78 is 5.41. The van der Waals surface area contributed by atoms with Gasteiger partial charge in [0.1, 0.15) is 5.69 Å². The van der Waals surface area contributed by atoms with E-state index in [1.807, 2.05) is 4.90 Å². The molecular formula is C13H17ClN2O4. The van der Waals surface area contributed by atoms with Gasteiger partial charge in [0.15, 0.2) is 0 Å². The average Bonchev–Trinajstić information content (AvgIpc) is 2.39.